The van der Waals surface area contributed by atoms with Gasteiger partial charge in [-0.2, -0.15) is 5.10 Å². The van der Waals surface area contributed by atoms with Gasteiger partial charge in [-0.1, -0.05) is 70.3 Å². The van der Waals surface area contributed by atoms with E-state index in [1.165, 1.54) is 11.8 Å². The topological polar surface area (TPSA) is 50.7 Å². The molecular weight excluding hydrogens is 408 g/mol. The third-order valence-corrected chi connectivity index (χ3v) is 5.32. The zero-order chi connectivity index (χ0) is 17.7. The minimum absolute atomic E-state index is 0.311. The Morgan fingerprint density at radius 2 is 1.62 bits per heavy atom. The number of rotatable bonds is 4. The van der Waals surface area contributed by atoms with Crippen LogP contribution in [0, 0.1) is 0 Å². The van der Waals surface area contributed by atoms with Crippen LogP contribution in [-0.4, -0.2) is 10.9 Å². The highest BCUT2D eigenvalue weighted by molar-refractivity contribution is 8.13. The Bertz CT molecular complexity index is 786. The number of amidine groups is 1. The Labute approximate surface area is 164 Å². The normalized spacial score (nSPS) is 12.5. The van der Waals surface area contributed by atoms with Crippen molar-refractivity contribution < 1.29 is 0 Å². The molecule has 0 saturated heterocycles. The van der Waals surface area contributed by atoms with E-state index in [1.54, 1.807) is 30.3 Å². The molecule has 0 saturated carbocycles. The standard InChI is InChI=1S/C16H13Cl4N3S/c1-9(10-5-6-14(19)15(20)7-10)22-23-16(21)24-8-11-12(17)3-2-4-13(11)18/h2-7H,8H2,1H3,(H2,21,23). The average molecular weight is 421 g/mol. The maximum atomic E-state index is 6.12. The van der Waals surface area contributed by atoms with Crippen LogP contribution in [0.4, 0.5) is 0 Å². The average Bonchev–Trinajstić information content (AvgIpc) is 2.54. The molecule has 0 spiro atoms. The number of nitrogens with two attached hydrogens (primary N) is 1. The number of thioether (sulfide) groups is 1. The molecule has 2 aromatic rings. The van der Waals surface area contributed by atoms with E-state index in [1.807, 2.05) is 13.0 Å². The van der Waals surface area contributed by atoms with Crippen LogP contribution in [0.15, 0.2) is 46.6 Å². The van der Waals surface area contributed by atoms with Crippen molar-refractivity contribution in [2.75, 3.05) is 0 Å². The first-order valence-corrected chi connectivity index (χ1v) is 9.27. The van der Waals surface area contributed by atoms with E-state index in [0.717, 1.165) is 11.1 Å². The lowest BCUT2D eigenvalue weighted by Crippen LogP contribution is -2.07. The van der Waals surface area contributed by atoms with Gasteiger partial charge in [0, 0.05) is 15.8 Å². The summed E-state index contributed by atoms with van der Waals surface area (Å²) < 4.78 is 0. The molecule has 0 radical (unpaired) electrons. The number of hydrogen-bond acceptors (Lipinski definition) is 3. The Hall–Kier alpha value is -0.910. The van der Waals surface area contributed by atoms with E-state index in [9.17, 15) is 0 Å². The second-order valence-electron chi connectivity index (χ2n) is 4.74. The van der Waals surface area contributed by atoms with Crippen LogP contribution < -0.4 is 5.73 Å². The highest BCUT2D eigenvalue weighted by atomic mass is 35.5. The zero-order valence-corrected chi connectivity index (χ0v) is 16.4. The second kappa shape index (κ2) is 8.97. The molecule has 0 aromatic heterocycles. The van der Waals surface area contributed by atoms with Gasteiger partial charge in [0.1, 0.15) is 0 Å². The molecule has 2 rings (SSSR count). The van der Waals surface area contributed by atoms with Crippen LogP contribution in [0.1, 0.15) is 18.1 Å². The summed E-state index contributed by atoms with van der Waals surface area (Å²) in [5.74, 6) is 0.509. The Balaban J connectivity index is 2.06. The molecule has 0 aliphatic heterocycles. The molecule has 0 fully saturated rings. The van der Waals surface area contributed by atoms with Crippen LogP contribution in [0.25, 0.3) is 0 Å². The molecule has 2 aromatic carbocycles. The van der Waals surface area contributed by atoms with Gasteiger partial charge in [0.2, 0.25) is 0 Å². The van der Waals surface area contributed by atoms with Crippen molar-refractivity contribution in [2.45, 2.75) is 12.7 Å². The fraction of sp³-hybridized carbons (Fsp3) is 0.125. The first-order valence-electron chi connectivity index (χ1n) is 6.77. The summed E-state index contributed by atoms with van der Waals surface area (Å²) in [6, 6.07) is 10.6. The van der Waals surface area contributed by atoms with E-state index >= 15 is 0 Å². The molecule has 2 N–H and O–H groups in total. The summed E-state index contributed by atoms with van der Waals surface area (Å²) in [6.07, 6.45) is 0. The molecule has 24 heavy (non-hydrogen) atoms. The van der Waals surface area contributed by atoms with Gasteiger partial charge >= 0.3 is 0 Å². The summed E-state index contributed by atoms with van der Waals surface area (Å²) in [7, 11) is 0. The van der Waals surface area contributed by atoms with Gasteiger partial charge in [-0.05, 0) is 42.3 Å². The molecule has 0 aliphatic carbocycles. The largest absolute Gasteiger partial charge is 0.377 e. The highest BCUT2D eigenvalue weighted by Gasteiger charge is 2.07. The molecule has 3 nitrogen and oxygen atoms in total. The molecule has 8 heteroatoms. The quantitative estimate of drug-likeness (QED) is 0.359. The number of benzene rings is 2. The van der Waals surface area contributed by atoms with Crippen LogP contribution in [0.2, 0.25) is 20.1 Å². The lowest BCUT2D eigenvalue weighted by Gasteiger charge is -2.05. The molecule has 0 bridgehead atoms. The van der Waals surface area contributed by atoms with Gasteiger partial charge in [-0.3, -0.25) is 0 Å². The molecular formula is C16H13Cl4N3S. The van der Waals surface area contributed by atoms with Crippen LogP contribution in [0.3, 0.4) is 0 Å². The third-order valence-electron chi connectivity index (χ3n) is 3.06. The fourth-order valence-corrected chi connectivity index (χ4v) is 3.44. The van der Waals surface area contributed by atoms with E-state index in [-0.39, 0.29) is 0 Å². The van der Waals surface area contributed by atoms with E-state index < -0.39 is 0 Å². The fourth-order valence-electron chi connectivity index (χ4n) is 1.75. The lowest BCUT2D eigenvalue weighted by molar-refractivity contribution is 1.23. The molecule has 0 heterocycles. The number of nitrogens with zero attached hydrogens (tertiary/aromatic N) is 2. The van der Waals surface area contributed by atoms with Crippen LogP contribution >= 0.6 is 58.2 Å². The number of halogens is 4. The number of hydrogen-bond donors (Lipinski definition) is 1. The summed E-state index contributed by atoms with van der Waals surface area (Å²) in [5, 5.41) is 10.6. The maximum absolute atomic E-state index is 6.12. The Morgan fingerprint density at radius 3 is 2.25 bits per heavy atom. The van der Waals surface area contributed by atoms with Crippen LogP contribution in [0.5, 0.6) is 0 Å². The monoisotopic (exact) mass is 419 g/mol. The van der Waals surface area contributed by atoms with Crippen molar-refractivity contribution in [3.05, 3.63) is 67.6 Å². The Kier molecular flexibility index (Phi) is 7.26. The van der Waals surface area contributed by atoms with Gasteiger partial charge < -0.3 is 5.73 Å². The van der Waals surface area contributed by atoms with Crippen molar-refractivity contribution in [1.82, 2.24) is 0 Å². The Morgan fingerprint density at radius 1 is 0.958 bits per heavy atom. The summed E-state index contributed by atoms with van der Waals surface area (Å²) >= 11 is 25.4. The molecule has 126 valence electrons. The SMILES string of the molecule is CC(=N/N=C(\N)SCc1c(Cl)cccc1Cl)c1ccc(Cl)c(Cl)c1. The van der Waals surface area contributed by atoms with Crippen molar-refractivity contribution in [3.63, 3.8) is 0 Å². The first-order chi connectivity index (χ1) is 11.4. The lowest BCUT2D eigenvalue weighted by atomic mass is 10.1. The predicted molar refractivity (Wildman–Crippen MR) is 108 cm³/mol. The van der Waals surface area contributed by atoms with Gasteiger partial charge in [-0.25, -0.2) is 0 Å². The summed E-state index contributed by atoms with van der Waals surface area (Å²) in [5.41, 5.74) is 8.18. The summed E-state index contributed by atoms with van der Waals surface area (Å²) in [4.78, 5) is 0. The van der Waals surface area contributed by atoms with E-state index in [4.69, 9.17) is 52.1 Å². The van der Waals surface area contributed by atoms with Crippen molar-refractivity contribution in [3.8, 4) is 0 Å². The smallest absolute Gasteiger partial charge is 0.180 e. The van der Waals surface area contributed by atoms with Crippen LogP contribution in [-0.2, 0) is 5.75 Å². The summed E-state index contributed by atoms with van der Waals surface area (Å²) in [6.45, 7) is 1.81. The van der Waals surface area contributed by atoms with Crippen molar-refractivity contribution in [1.29, 1.82) is 0 Å². The van der Waals surface area contributed by atoms with Crippen molar-refractivity contribution in [2.24, 2.45) is 15.9 Å². The molecule has 0 unspecified atom stereocenters. The van der Waals surface area contributed by atoms with E-state index in [0.29, 0.717) is 36.7 Å². The maximum Gasteiger partial charge on any atom is 0.180 e. The van der Waals surface area contributed by atoms with Crippen molar-refractivity contribution >= 4 is 69.0 Å². The molecule has 0 atom stereocenters. The zero-order valence-electron chi connectivity index (χ0n) is 12.6. The van der Waals surface area contributed by atoms with Gasteiger partial charge in [-0.15, -0.1) is 5.10 Å². The predicted octanol–water partition coefficient (Wildman–Crippen LogP) is 6.27. The first kappa shape index (κ1) is 19.4. The molecule has 0 aliphatic rings. The molecule has 0 amide bonds. The third kappa shape index (κ3) is 5.30. The van der Waals surface area contributed by atoms with Gasteiger partial charge in [0.25, 0.3) is 0 Å². The van der Waals surface area contributed by atoms with E-state index in [2.05, 4.69) is 10.2 Å². The minimum Gasteiger partial charge on any atom is -0.377 e. The minimum atomic E-state index is 0.311. The highest BCUT2D eigenvalue weighted by Crippen LogP contribution is 2.28. The second-order valence-corrected chi connectivity index (χ2v) is 7.37. The van der Waals surface area contributed by atoms with Gasteiger partial charge in [0.05, 0.1) is 15.8 Å². The van der Waals surface area contributed by atoms with Gasteiger partial charge in [0.15, 0.2) is 5.17 Å².